The van der Waals surface area contributed by atoms with E-state index in [-0.39, 0.29) is 0 Å². The fraction of sp³-hybridized carbons (Fsp3) is 0.471. The zero-order chi connectivity index (χ0) is 15.6. The van der Waals surface area contributed by atoms with E-state index >= 15 is 0 Å². The van der Waals surface area contributed by atoms with Gasteiger partial charge in [0.1, 0.15) is 5.75 Å². The molecule has 23 heavy (non-hydrogen) atoms. The summed E-state index contributed by atoms with van der Waals surface area (Å²) < 4.78 is 11.8. The molecule has 5 nitrogen and oxygen atoms in total. The Morgan fingerprint density at radius 2 is 2.35 bits per heavy atom. The summed E-state index contributed by atoms with van der Waals surface area (Å²) in [5.41, 5.74) is 1.25. The molecular weight excluding hydrogens is 314 g/mol. The second kappa shape index (κ2) is 6.51. The first kappa shape index (κ1) is 15.0. The zero-order valence-corrected chi connectivity index (χ0v) is 13.6. The first-order chi connectivity index (χ1) is 11.3. The summed E-state index contributed by atoms with van der Waals surface area (Å²) in [6.45, 7) is 4.44. The molecule has 1 N–H and O–H groups in total. The maximum atomic E-state index is 5.98. The smallest absolute Gasteiger partial charge is 0.139 e. The number of aromatic nitrogens is 2. The Hall–Kier alpha value is -1.56. The summed E-state index contributed by atoms with van der Waals surface area (Å²) in [6.07, 6.45) is 5.61. The highest BCUT2D eigenvalue weighted by atomic mass is 35.5. The third kappa shape index (κ3) is 3.37. The molecule has 0 spiro atoms. The lowest BCUT2D eigenvalue weighted by Gasteiger charge is -2.19. The van der Waals surface area contributed by atoms with Crippen molar-refractivity contribution in [1.29, 1.82) is 0 Å². The van der Waals surface area contributed by atoms with Crippen LogP contribution in [0, 0.1) is 11.8 Å². The number of hydrogen-bond donors (Lipinski definition) is 1. The molecule has 2 saturated heterocycles. The highest BCUT2D eigenvalue weighted by Gasteiger charge is 2.44. The summed E-state index contributed by atoms with van der Waals surface area (Å²) in [4.78, 5) is 9.77. The van der Waals surface area contributed by atoms with E-state index < -0.39 is 0 Å². The largest absolute Gasteiger partial charge is 0.492 e. The van der Waals surface area contributed by atoms with Crippen LogP contribution in [0.4, 0.5) is 0 Å². The molecular formula is C17H20ClN3O2. The summed E-state index contributed by atoms with van der Waals surface area (Å²) in [5.74, 6) is 1.69. The van der Waals surface area contributed by atoms with Crippen LogP contribution in [0.5, 0.6) is 5.75 Å². The number of nitrogens with one attached hydrogen (secondary N) is 1. The van der Waals surface area contributed by atoms with E-state index in [4.69, 9.17) is 21.1 Å². The van der Waals surface area contributed by atoms with Gasteiger partial charge >= 0.3 is 0 Å². The van der Waals surface area contributed by atoms with Crippen LogP contribution in [0.3, 0.4) is 0 Å². The van der Waals surface area contributed by atoms with Crippen molar-refractivity contribution in [3.8, 4) is 5.75 Å². The number of nitrogens with zero attached hydrogens (tertiary/aromatic N) is 2. The van der Waals surface area contributed by atoms with Crippen molar-refractivity contribution >= 4 is 11.6 Å². The lowest BCUT2D eigenvalue weighted by Crippen LogP contribution is -2.26. The molecule has 6 heteroatoms. The number of halogens is 1. The van der Waals surface area contributed by atoms with Crippen LogP contribution in [0.1, 0.15) is 5.69 Å². The first-order valence-corrected chi connectivity index (χ1v) is 8.35. The van der Waals surface area contributed by atoms with Gasteiger partial charge in [0.05, 0.1) is 30.5 Å². The molecule has 0 aliphatic carbocycles. The quantitative estimate of drug-likeness (QED) is 0.913. The molecule has 4 heterocycles. The minimum Gasteiger partial charge on any atom is -0.492 e. The normalized spacial score (nSPS) is 27.3. The second-order valence-electron chi connectivity index (χ2n) is 6.34. The van der Waals surface area contributed by atoms with Crippen molar-refractivity contribution in [2.45, 2.75) is 12.6 Å². The minimum atomic E-state index is 0.330. The Balaban J connectivity index is 1.33. The molecule has 0 radical (unpaired) electrons. The third-order valence-corrected chi connectivity index (χ3v) is 4.92. The van der Waals surface area contributed by atoms with Gasteiger partial charge in [-0.15, -0.1) is 0 Å². The van der Waals surface area contributed by atoms with Crippen molar-refractivity contribution in [3.63, 3.8) is 0 Å². The van der Waals surface area contributed by atoms with Crippen LogP contribution in [0.2, 0.25) is 5.02 Å². The van der Waals surface area contributed by atoms with E-state index in [1.807, 2.05) is 12.3 Å². The van der Waals surface area contributed by atoms with E-state index in [1.54, 1.807) is 18.5 Å². The Kier molecular flexibility index (Phi) is 4.25. The molecule has 2 aromatic rings. The third-order valence-electron chi connectivity index (χ3n) is 4.71. The van der Waals surface area contributed by atoms with E-state index in [1.165, 1.54) is 5.69 Å². The highest BCUT2D eigenvalue weighted by molar-refractivity contribution is 6.30. The van der Waals surface area contributed by atoms with Gasteiger partial charge in [-0.25, -0.2) is 0 Å². The van der Waals surface area contributed by atoms with Gasteiger partial charge in [-0.3, -0.25) is 9.88 Å². The van der Waals surface area contributed by atoms with Crippen molar-refractivity contribution in [3.05, 3.63) is 47.5 Å². The summed E-state index contributed by atoms with van der Waals surface area (Å²) in [6, 6.07) is 5.97. The van der Waals surface area contributed by atoms with Crippen LogP contribution < -0.4 is 4.74 Å². The number of likely N-dealkylation sites (tertiary alicyclic amines) is 1. The highest BCUT2D eigenvalue weighted by Crippen LogP contribution is 2.34. The zero-order valence-electron chi connectivity index (χ0n) is 12.8. The molecule has 2 aromatic heterocycles. The fourth-order valence-electron chi connectivity index (χ4n) is 3.56. The minimum absolute atomic E-state index is 0.330. The van der Waals surface area contributed by atoms with E-state index in [2.05, 4.69) is 20.9 Å². The molecule has 3 atom stereocenters. The topological polar surface area (TPSA) is 50.4 Å². The van der Waals surface area contributed by atoms with Gasteiger partial charge < -0.3 is 14.5 Å². The monoisotopic (exact) mass is 333 g/mol. The number of fused-ring (bicyclic) bond motifs is 1. The van der Waals surface area contributed by atoms with Gasteiger partial charge in [0.2, 0.25) is 0 Å². The molecule has 4 rings (SSSR count). The average Bonchev–Trinajstić information content (AvgIpc) is 3.24. The van der Waals surface area contributed by atoms with Crippen LogP contribution >= 0.6 is 11.6 Å². The fourth-order valence-corrected chi connectivity index (χ4v) is 3.73. The molecule has 0 amide bonds. The SMILES string of the molecule is Clc1cncc(OC[C@H]2CO[C@@H]3CN(Cc4ccc[nH]4)C[C@H]23)c1. The summed E-state index contributed by atoms with van der Waals surface area (Å²) in [5, 5.41) is 0.598. The molecule has 0 aromatic carbocycles. The molecule has 122 valence electrons. The summed E-state index contributed by atoms with van der Waals surface area (Å²) in [7, 11) is 0. The lowest BCUT2D eigenvalue weighted by atomic mass is 9.94. The van der Waals surface area contributed by atoms with Gasteiger partial charge in [0, 0.05) is 55.6 Å². The lowest BCUT2D eigenvalue weighted by molar-refractivity contribution is 0.0895. The Bertz CT molecular complexity index is 649. The predicted octanol–water partition coefficient (Wildman–Crippen LogP) is 2.59. The van der Waals surface area contributed by atoms with Crippen molar-refractivity contribution < 1.29 is 9.47 Å². The number of H-pyrrole nitrogens is 1. The van der Waals surface area contributed by atoms with Crippen molar-refractivity contribution in [2.75, 3.05) is 26.3 Å². The first-order valence-electron chi connectivity index (χ1n) is 7.97. The van der Waals surface area contributed by atoms with E-state index in [0.29, 0.717) is 29.6 Å². The molecule has 0 bridgehead atoms. The number of rotatable bonds is 5. The van der Waals surface area contributed by atoms with Crippen LogP contribution in [-0.2, 0) is 11.3 Å². The Labute approximate surface area is 140 Å². The van der Waals surface area contributed by atoms with Crippen LogP contribution in [0.25, 0.3) is 0 Å². The molecule has 0 unspecified atom stereocenters. The standard InChI is InChI=1S/C17H20ClN3O2/c18-13-4-15(6-19-5-13)22-10-12-11-23-17-9-21(8-16(12)17)7-14-2-1-3-20-14/h1-6,12,16-17,20H,7-11H2/t12-,16+,17+/m0/s1. The van der Waals surface area contributed by atoms with Gasteiger partial charge in [0.15, 0.2) is 0 Å². The van der Waals surface area contributed by atoms with Gasteiger partial charge in [-0.1, -0.05) is 11.6 Å². The van der Waals surface area contributed by atoms with Gasteiger partial charge in [-0.2, -0.15) is 0 Å². The van der Waals surface area contributed by atoms with Crippen LogP contribution in [0.15, 0.2) is 36.8 Å². The number of ether oxygens (including phenoxy) is 2. The predicted molar refractivity (Wildman–Crippen MR) is 87.5 cm³/mol. The summed E-state index contributed by atoms with van der Waals surface area (Å²) >= 11 is 5.94. The van der Waals surface area contributed by atoms with Gasteiger partial charge in [0.25, 0.3) is 0 Å². The maximum absolute atomic E-state index is 5.98. The van der Waals surface area contributed by atoms with Crippen LogP contribution in [-0.4, -0.2) is 47.3 Å². The molecule has 2 aliphatic rings. The van der Waals surface area contributed by atoms with Gasteiger partial charge in [-0.05, 0) is 12.1 Å². The number of pyridine rings is 1. The molecule has 2 aliphatic heterocycles. The Morgan fingerprint density at radius 3 is 3.17 bits per heavy atom. The van der Waals surface area contributed by atoms with Crippen molar-refractivity contribution in [2.24, 2.45) is 11.8 Å². The number of aromatic amines is 1. The molecule has 2 fully saturated rings. The maximum Gasteiger partial charge on any atom is 0.139 e. The number of hydrogen-bond acceptors (Lipinski definition) is 4. The van der Waals surface area contributed by atoms with Crippen molar-refractivity contribution in [1.82, 2.24) is 14.9 Å². The Morgan fingerprint density at radius 1 is 1.39 bits per heavy atom. The average molecular weight is 334 g/mol. The van der Waals surface area contributed by atoms with E-state index in [0.717, 1.165) is 32.0 Å². The van der Waals surface area contributed by atoms with E-state index in [9.17, 15) is 0 Å². The molecule has 0 saturated carbocycles. The second-order valence-corrected chi connectivity index (χ2v) is 6.77.